The number of pyridine rings is 1. The van der Waals surface area contributed by atoms with E-state index in [9.17, 15) is 0 Å². The minimum absolute atomic E-state index is 0. The van der Waals surface area contributed by atoms with Gasteiger partial charge in [-0.1, -0.05) is 156 Å². The van der Waals surface area contributed by atoms with Gasteiger partial charge in [0.05, 0.1) is 30.6 Å². The van der Waals surface area contributed by atoms with E-state index in [0.29, 0.717) is 5.92 Å². The predicted octanol–water partition coefficient (Wildman–Crippen LogP) is 14.1. The fraction of sp³-hybridized carbons (Fsp3) is 0.208. The van der Waals surface area contributed by atoms with Gasteiger partial charge in [0.15, 0.2) is 0 Å². The summed E-state index contributed by atoms with van der Waals surface area (Å²) in [5, 5.41) is 4.03. The summed E-state index contributed by atoms with van der Waals surface area (Å²) in [6.07, 6.45) is 3.24. The van der Waals surface area contributed by atoms with Crippen molar-refractivity contribution in [3.05, 3.63) is 169 Å². The standard InChI is InChI=1S/C35H27N2S.C18H24NSi.Ir/c1-35(2,3)28-19-12-16-24(23-13-5-4-6-14-23)32(28)37-30-21-9-8-20-29(30)36-34(37)27-18-11-17-26-25-15-7-10-22-31(25)38-33(26)27;1-14(2)11-16-12-17(15-9-7-6-8-10-15)19-13-18(16)20(3,4)5;/h4-17,19-22H,1-3H3;6-9,12-14H,11H2,1-5H3;/q2*-1;. The predicted molar refractivity (Wildman–Crippen MR) is 252 cm³/mol. The van der Waals surface area contributed by atoms with E-state index < -0.39 is 8.07 Å². The fourth-order valence-corrected chi connectivity index (χ4v) is 10.8. The first-order valence-electron chi connectivity index (χ1n) is 20.3. The van der Waals surface area contributed by atoms with Crippen LogP contribution in [0.4, 0.5) is 0 Å². The molecule has 0 N–H and O–H groups in total. The molecule has 6 heteroatoms. The third kappa shape index (κ3) is 8.69. The molecule has 0 aliphatic carbocycles. The van der Waals surface area contributed by atoms with E-state index in [4.69, 9.17) is 4.98 Å². The molecule has 59 heavy (non-hydrogen) atoms. The van der Waals surface area contributed by atoms with Gasteiger partial charge in [-0.3, -0.25) is 4.98 Å². The second kappa shape index (κ2) is 17.3. The normalized spacial score (nSPS) is 11.8. The molecule has 0 fully saturated rings. The van der Waals surface area contributed by atoms with Gasteiger partial charge in [0.2, 0.25) is 0 Å². The Kier molecular flexibility index (Phi) is 12.4. The molecule has 6 aromatic carbocycles. The summed E-state index contributed by atoms with van der Waals surface area (Å²) in [5.74, 6) is 1.59. The number of rotatable bonds is 7. The molecule has 0 aliphatic rings. The van der Waals surface area contributed by atoms with Gasteiger partial charge in [0.1, 0.15) is 0 Å². The number of para-hydroxylation sites is 3. The van der Waals surface area contributed by atoms with Crippen LogP contribution >= 0.6 is 11.3 Å². The SMILES string of the molecule is CC(C)(C)c1cccc(-c2ccccc2)c1-n1c(-c2[c-]ccc3c2sc2ccccc23)nc2ccccc21.CC(C)Cc1cc(-c2[c-]cccc2)ncc1[Si](C)(C)C.[Ir]. The summed E-state index contributed by atoms with van der Waals surface area (Å²) in [5.41, 5.74) is 11.5. The number of nitrogens with zero attached hydrogens (tertiary/aromatic N) is 3. The molecule has 0 amide bonds. The topological polar surface area (TPSA) is 30.7 Å². The van der Waals surface area contributed by atoms with Crippen LogP contribution in [0, 0.1) is 18.1 Å². The maximum absolute atomic E-state index is 5.28. The van der Waals surface area contributed by atoms with Gasteiger partial charge in [-0.2, -0.15) is 11.3 Å². The van der Waals surface area contributed by atoms with Crippen LogP contribution < -0.4 is 5.19 Å². The van der Waals surface area contributed by atoms with Crippen molar-refractivity contribution in [2.75, 3.05) is 0 Å². The summed E-state index contributed by atoms with van der Waals surface area (Å²) in [4.78, 5) is 9.96. The Labute approximate surface area is 368 Å². The maximum atomic E-state index is 5.28. The fourth-order valence-electron chi connectivity index (χ4n) is 8.00. The molecule has 0 bridgehead atoms. The van der Waals surface area contributed by atoms with Crippen LogP contribution in [0.1, 0.15) is 45.7 Å². The number of hydrogen-bond acceptors (Lipinski definition) is 3. The quantitative estimate of drug-likeness (QED) is 0.118. The van der Waals surface area contributed by atoms with E-state index in [2.05, 4.69) is 197 Å². The molecule has 0 atom stereocenters. The average Bonchev–Trinajstić information content (AvgIpc) is 3.79. The van der Waals surface area contributed by atoms with Crippen molar-refractivity contribution in [3.8, 4) is 39.5 Å². The van der Waals surface area contributed by atoms with Crippen molar-refractivity contribution < 1.29 is 20.1 Å². The van der Waals surface area contributed by atoms with E-state index in [1.54, 1.807) is 0 Å². The summed E-state index contributed by atoms with van der Waals surface area (Å²) in [6, 6.07) is 56.0. The van der Waals surface area contributed by atoms with Gasteiger partial charge in [0.25, 0.3) is 0 Å². The Morgan fingerprint density at radius 2 is 1.47 bits per heavy atom. The molecule has 3 nitrogen and oxygen atoms in total. The summed E-state index contributed by atoms with van der Waals surface area (Å²) >= 11 is 1.82. The van der Waals surface area contributed by atoms with Crippen LogP contribution in [0.25, 0.3) is 70.7 Å². The number of benzene rings is 6. The Morgan fingerprint density at radius 3 is 2.20 bits per heavy atom. The maximum Gasteiger partial charge on any atom is 0.0798 e. The van der Waals surface area contributed by atoms with E-state index in [1.165, 1.54) is 53.3 Å². The second-order valence-electron chi connectivity index (χ2n) is 17.6. The molecule has 0 saturated carbocycles. The Balaban J connectivity index is 0.000000214. The largest absolute Gasteiger partial charge is 0.332 e. The summed E-state index contributed by atoms with van der Waals surface area (Å²) < 4.78 is 4.89. The number of aromatic nitrogens is 3. The van der Waals surface area contributed by atoms with Crippen molar-refractivity contribution >= 4 is 55.8 Å². The second-order valence-corrected chi connectivity index (χ2v) is 23.7. The van der Waals surface area contributed by atoms with Gasteiger partial charge >= 0.3 is 0 Å². The van der Waals surface area contributed by atoms with Gasteiger partial charge in [-0.15, -0.1) is 54.1 Å². The summed E-state index contributed by atoms with van der Waals surface area (Å²) in [6.45, 7) is 18.6. The first-order valence-corrected chi connectivity index (χ1v) is 24.7. The minimum Gasteiger partial charge on any atom is -0.332 e. The number of fused-ring (bicyclic) bond motifs is 4. The smallest absolute Gasteiger partial charge is 0.0798 e. The molecule has 0 saturated heterocycles. The molecule has 0 aliphatic heterocycles. The Bertz CT molecular complexity index is 2860. The first-order chi connectivity index (χ1) is 27.9. The molecule has 3 aromatic heterocycles. The van der Waals surface area contributed by atoms with Crippen LogP contribution in [-0.4, -0.2) is 22.6 Å². The van der Waals surface area contributed by atoms with E-state index >= 15 is 0 Å². The van der Waals surface area contributed by atoms with Crippen LogP contribution in [0.2, 0.25) is 19.6 Å². The molecular weight excluding hydrogens is 931 g/mol. The molecular formula is C53H51IrN3SSi-2. The third-order valence-corrected chi connectivity index (χ3v) is 14.0. The van der Waals surface area contributed by atoms with Crippen LogP contribution in [0.3, 0.4) is 0 Å². The monoisotopic (exact) mass is 982 g/mol. The zero-order valence-electron chi connectivity index (χ0n) is 35.2. The molecule has 9 aromatic rings. The van der Waals surface area contributed by atoms with Crippen molar-refractivity contribution in [2.45, 2.75) is 66.1 Å². The number of imidazole rings is 1. The molecule has 299 valence electrons. The average molecular weight is 982 g/mol. The van der Waals surface area contributed by atoms with Crippen molar-refractivity contribution in [2.24, 2.45) is 5.92 Å². The molecule has 0 unspecified atom stereocenters. The third-order valence-electron chi connectivity index (χ3n) is 10.7. The van der Waals surface area contributed by atoms with Crippen LogP contribution in [0.15, 0.2) is 146 Å². The van der Waals surface area contributed by atoms with Gasteiger partial charge in [-0.25, -0.2) is 0 Å². The van der Waals surface area contributed by atoms with Crippen LogP contribution in [-0.2, 0) is 31.9 Å². The van der Waals surface area contributed by atoms with E-state index in [-0.39, 0.29) is 25.5 Å². The first kappa shape index (κ1) is 42.2. The van der Waals surface area contributed by atoms with E-state index in [1.807, 2.05) is 35.6 Å². The zero-order chi connectivity index (χ0) is 40.6. The molecule has 1 radical (unpaired) electrons. The molecule has 9 rings (SSSR count). The van der Waals surface area contributed by atoms with E-state index in [0.717, 1.165) is 40.1 Å². The Hall–Kier alpha value is -4.97. The molecule has 0 spiro atoms. The van der Waals surface area contributed by atoms with Crippen molar-refractivity contribution in [1.29, 1.82) is 0 Å². The zero-order valence-corrected chi connectivity index (χ0v) is 39.4. The van der Waals surface area contributed by atoms with Gasteiger partial charge < -0.3 is 9.55 Å². The Morgan fingerprint density at radius 1 is 0.746 bits per heavy atom. The minimum atomic E-state index is -1.34. The summed E-state index contributed by atoms with van der Waals surface area (Å²) in [7, 11) is -1.34. The van der Waals surface area contributed by atoms with Gasteiger partial charge in [0, 0.05) is 36.6 Å². The number of hydrogen-bond donors (Lipinski definition) is 0. The number of thiophene rings is 1. The molecule has 3 heterocycles. The van der Waals surface area contributed by atoms with Crippen molar-refractivity contribution in [1.82, 2.24) is 14.5 Å². The van der Waals surface area contributed by atoms with Crippen molar-refractivity contribution in [3.63, 3.8) is 0 Å². The van der Waals surface area contributed by atoms with Gasteiger partial charge in [-0.05, 0) is 68.0 Å². The van der Waals surface area contributed by atoms with Crippen LogP contribution in [0.5, 0.6) is 0 Å².